The van der Waals surface area contributed by atoms with Crippen LogP contribution in [-0.4, -0.2) is 44.9 Å². The molecule has 1 aliphatic carbocycles. The summed E-state index contributed by atoms with van der Waals surface area (Å²) in [6, 6.07) is 10.9. The monoisotopic (exact) mass is 371 g/mol. The zero-order valence-corrected chi connectivity index (χ0v) is 16.3. The maximum Gasteiger partial charge on any atom is 0.315 e. The quantitative estimate of drug-likeness (QED) is 0.851. The van der Waals surface area contributed by atoms with Gasteiger partial charge in [0.05, 0.1) is 0 Å². The Morgan fingerprint density at radius 1 is 1.11 bits per heavy atom. The van der Waals surface area contributed by atoms with Crippen molar-refractivity contribution in [3.63, 3.8) is 0 Å². The van der Waals surface area contributed by atoms with Gasteiger partial charge in [-0.15, -0.1) is 0 Å². The number of carbonyl (C=O) groups excluding carboxylic acids is 1. The van der Waals surface area contributed by atoms with E-state index in [2.05, 4.69) is 45.9 Å². The van der Waals surface area contributed by atoms with Gasteiger partial charge < -0.3 is 20.3 Å². The van der Waals surface area contributed by atoms with Crippen molar-refractivity contribution in [2.24, 2.45) is 11.3 Å². The second kappa shape index (κ2) is 8.51. The molecule has 2 amide bonds. The minimum atomic E-state index is 0.0181. The van der Waals surface area contributed by atoms with E-state index in [0.717, 1.165) is 52.1 Å². The van der Waals surface area contributed by atoms with E-state index in [1.807, 2.05) is 0 Å². The molecule has 1 aromatic carbocycles. The van der Waals surface area contributed by atoms with E-state index in [0.29, 0.717) is 12.0 Å². The van der Waals surface area contributed by atoms with Crippen LogP contribution in [0.5, 0.6) is 0 Å². The van der Waals surface area contributed by atoms with Crippen molar-refractivity contribution in [2.75, 3.05) is 37.7 Å². The number of anilines is 1. The largest absolute Gasteiger partial charge is 0.381 e. The SMILES string of the molecule is O=C(NCC1CCCN(c2ccccc2)C1)NC1CCCC12CCOCC2. The molecule has 0 radical (unpaired) electrons. The number of nitrogens with one attached hydrogen (secondary N) is 2. The van der Waals surface area contributed by atoms with Gasteiger partial charge in [0.25, 0.3) is 0 Å². The van der Waals surface area contributed by atoms with Gasteiger partial charge in [-0.05, 0) is 62.0 Å². The van der Waals surface area contributed by atoms with Crippen LogP contribution in [0.3, 0.4) is 0 Å². The van der Waals surface area contributed by atoms with Gasteiger partial charge in [-0.2, -0.15) is 0 Å². The molecule has 148 valence electrons. The number of carbonyl (C=O) groups is 1. The summed E-state index contributed by atoms with van der Waals surface area (Å²) in [6.45, 7) is 4.58. The molecule has 2 saturated heterocycles. The van der Waals surface area contributed by atoms with Crippen molar-refractivity contribution in [1.82, 2.24) is 10.6 Å². The Morgan fingerprint density at radius 2 is 1.93 bits per heavy atom. The zero-order chi connectivity index (χ0) is 18.5. The van der Waals surface area contributed by atoms with Crippen molar-refractivity contribution < 1.29 is 9.53 Å². The van der Waals surface area contributed by atoms with E-state index < -0.39 is 0 Å². The van der Waals surface area contributed by atoms with Crippen LogP contribution < -0.4 is 15.5 Å². The van der Waals surface area contributed by atoms with E-state index in [9.17, 15) is 4.79 Å². The molecule has 4 rings (SSSR count). The van der Waals surface area contributed by atoms with Gasteiger partial charge in [-0.25, -0.2) is 4.79 Å². The van der Waals surface area contributed by atoms with Gasteiger partial charge in [-0.3, -0.25) is 0 Å². The van der Waals surface area contributed by atoms with E-state index in [-0.39, 0.29) is 11.4 Å². The summed E-state index contributed by atoms with van der Waals surface area (Å²) in [5, 5.41) is 6.47. The standard InChI is InChI=1S/C22H33N3O2/c26-21(24-20-9-4-10-22(20)11-14-27-15-12-22)23-16-18-6-5-13-25(17-18)19-7-2-1-3-8-19/h1-3,7-8,18,20H,4-6,9-17H2,(H2,23,24,26). The highest BCUT2D eigenvalue weighted by molar-refractivity contribution is 5.74. The Bertz CT molecular complexity index is 615. The van der Waals surface area contributed by atoms with E-state index in [1.165, 1.54) is 31.4 Å². The minimum absolute atomic E-state index is 0.0181. The van der Waals surface area contributed by atoms with Crippen molar-refractivity contribution in [3.05, 3.63) is 30.3 Å². The molecule has 5 heteroatoms. The fraction of sp³-hybridized carbons (Fsp3) is 0.682. The van der Waals surface area contributed by atoms with Gasteiger partial charge in [0.2, 0.25) is 0 Å². The molecular weight excluding hydrogens is 338 g/mol. The summed E-state index contributed by atoms with van der Waals surface area (Å²) >= 11 is 0. The maximum absolute atomic E-state index is 12.6. The van der Waals surface area contributed by atoms with Gasteiger partial charge in [0.1, 0.15) is 0 Å². The Kier molecular flexibility index (Phi) is 5.86. The fourth-order valence-electron chi connectivity index (χ4n) is 5.29. The van der Waals surface area contributed by atoms with Crippen LogP contribution in [0.2, 0.25) is 0 Å². The Morgan fingerprint density at radius 3 is 2.74 bits per heavy atom. The number of nitrogens with zero attached hydrogens (tertiary/aromatic N) is 1. The lowest BCUT2D eigenvalue weighted by Gasteiger charge is -2.39. The summed E-state index contributed by atoms with van der Waals surface area (Å²) in [4.78, 5) is 15.0. The van der Waals surface area contributed by atoms with E-state index in [4.69, 9.17) is 4.74 Å². The molecule has 1 saturated carbocycles. The Hall–Kier alpha value is -1.75. The van der Waals surface area contributed by atoms with Gasteiger partial charge in [0.15, 0.2) is 0 Å². The molecule has 27 heavy (non-hydrogen) atoms. The third-order valence-electron chi connectivity index (χ3n) is 6.89. The van der Waals surface area contributed by atoms with Crippen LogP contribution in [0.4, 0.5) is 10.5 Å². The van der Waals surface area contributed by atoms with Gasteiger partial charge >= 0.3 is 6.03 Å². The number of benzene rings is 1. The topological polar surface area (TPSA) is 53.6 Å². The normalized spacial score (nSPS) is 27.5. The Balaban J connectivity index is 1.25. The smallest absolute Gasteiger partial charge is 0.315 e. The van der Waals surface area contributed by atoms with Crippen molar-refractivity contribution in [2.45, 2.75) is 51.0 Å². The van der Waals surface area contributed by atoms with Crippen LogP contribution in [0.15, 0.2) is 30.3 Å². The Labute approximate surface area is 162 Å². The molecule has 2 unspecified atom stereocenters. The first kappa shape index (κ1) is 18.6. The number of para-hydroxylation sites is 1. The lowest BCUT2D eigenvalue weighted by Crippen LogP contribution is -2.51. The number of hydrogen-bond acceptors (Lipinski definition) is 3. The first-order chi connectivity index (χ1) is 13.3. The third kappa shape index (κ3) is 4.40. The molecule has 3 fully saturated rings. The van der Waals surface area contributed by atoms with Crippen LogP contribution in [-0.2, 0) is 4.74 Å². The van der Waals surface area contributed by atoms with Crippen molar-refractivity contribution in [1.29, 1.82) is 0 Å². The van der Waals surface area contributed by atoms with Crippen molar-refractivity contribution >= 4 is 11.7 Å². The first-order valence-corrected chi connectivity index (χ1v) is 10.7. The van der Waals surface area contributed by atoms with Crippen LogP contribution in [0.25, 0.3) is 0 Å². The second-order valence-electron chi connectivity index (χ2n) is 8.56. The summed E-state index contributed by atoms with van der Waals surface area (Å²) in [5.74, 6) is 0.519. The number of amides is 2. The maximum atomic E-state index is 12.6. The molecule has 3 aliphatic rings. The highest BCUT2D eigenvalue weighted by Gasteiger charge is 2.44. The molecule has 5 nitrogen and oxygen atoms in total. The molecule has 2 aliphatic heterocycles. The molecule has 1 spiro atoms. The third-order valence-corrected chi connectivity index (χ3v) is 6.89. The first-order valence-electron chi connectivity index (χ1n) is 10.7. The molecule has 2 N–H and O–H groups in total. The highest BCUT2D eigenvalue weighted by Crippen LogP contribution is 2.45. The lowest BCUT2D eigenvalue weighted by atomic mass is 9.75. The second-order valence-corrected chi connectivity index (χ2v) is 8.56. The summed E-state index contributed by atoms with van der Waals surface area (Å²) in [6.07, 6.45) is 8.12. The van der Waals surface area contributed by atoms with E-state index >= 15 is 0 Å². The molecular formula is C22H33N3O2. The van der Waals surface area contributed by atoms with Gasteiger partial charge in [-0.1, -0.05) is 24.6 Å². The molecule has 1 aromatic rings. The number of ether oxygens (including phenoxy) is 1. The number of hydrogen-bond donors (Lipinski definition) is 2. The number of piperidine rings is 1. The van der Waals surface area contributed by atoms with Crippen molar-refractivity contribution in [3.8, 4) is 0 Å². The van der Waals surface area contributed by atoms with Gasteiger partial charge in [0, 0.05) is 44.6 Å². The van der Waals surface area contributed by atoms with E-state index in [1.54, 1.807) is 0 Å². The molecule has 2 atom stereocenters. The predicted octanol–water partition coefficient (Wildman–Crippen LogP) is 3.55. The summed E-state index contributed by atoms with van der Waals surface area (Å²) in [5.41, 5.74) is 1.57. The predicted molar refractivity (Wildman–Crippen MR) is 108 cm³/mol. The highest BCUT2D eigenvalue weighted by atomic mass is 16.5. The lowest BCUT2D eigenvalue weighted by molar-refractivity contribution is 0.00622. The average molecular weight is 372 g/mol. The molecule has 0 aromatic heterocycles. The minimum Gasteiger partial charge on any atom is -0.381 e. The molecule has 0 bridgehead atoms. The summed E-state index contributed by atoms with van der Waals surface area (Å²) < 4.78 is 5.55. The zero-order valence-electron chi connectivity index (χ0n) is 16.3. The number of rotatable bonds is 4. The van der Waals surface area contributed by atoms with Crippen LogP contribution >= 0.6 is 0 Å². The fourth-order valence-corrected chi connectivity index (χ4v) is 5.29. The van der Waals surface area contributed by atoms with Crippen LogP contribution in [0, 0.1) is 11.3 Å². The summed E-state index contributed by atoms with van der Waals surface area (Å²) in [7, 11) is 0. The number of urea groups is 1. The molecule has 2 heterocycles. The van der Waals surface area contributed by atoms with Crippen LogP contribution in [0.1, 0.15) is 44.9 Å². The average Bonchev–Trinajstić information content (AvgIpc) is 3.09.